The molecule has 3 aromatic carbocycles. The monoisotopic (exact) mass is 512 g/mol. The number of benzene rings is 3. The maximum absolute atomic E-state index is 13.6. The van der Waals surface area contributed by atoms with E-state index in [2.05, 4.69) is 26.5 Å². The number of nitrogens with zero attached hydrogens (tertiary/aromatic N) is 2. The third kappa shape index (κ3) is 5.62. The maximum atomic E-state index is 13.6. The molecule has 0 spiro atoms. The summed E-state index contributed by atoms with van der Waals surface area (Å²) < 4.78 is 5.57. The minimum absolute atomic E-state index is 0.0402. The van der Waals surface area contributed by atoms with Gasteiger partial charge in [0.1, 0.15) is 5.75 Å². The molecule has 1 saturated heterocycles. The predicted molar refractivity (Wildman–Crippen MR) is 152 cm³/mol. The number of ether oxygens (including phenoxy) is 1. The quantitative estimate of drug-likeness (QED) is 0.431. The second-order valence-electron chi connectivity index (χ2n) is 10.1. The number of nitrogens with one attached hydrogen (secondary N) is 2. The van der Waals surface area contributed by atoms with Crippen LogP contribution in [0.15, 0.2) is 72.8 Å². The molecule has 2 aliphatic rings. The third-order valence-corrected chi connectivity index (χ3v) is 7.68. The molecule has 3 aromatic rings. The van der Waals surface area contributed by atoms with Crippen molar-refractivity contribution in [2.75, 3.05) is 48.4 Å². The molecule has 1 unspecified atom stereocenters. The molecular formula is C31H36N4O3. The fourth-order valence-electron chi connectivity index (χ4n) is 5.16. The Morgan fingerprint density at radius 2 is 1.53 bits per heavy atom. The maximum Gasteiger partial charge on any atom is 0.253 e. The highest BCUT2D eigenvalue weighted by Crippen LogP contribution is 2.32. The van der Waals surface area contributed by atoms with Crippen LogP contribution in [0.4, 0.5) is 17.1 Å². The van der Waals surface area contributed by atoms with E-state index in [-0.39, 0.29) is 23.8 Å². The molecule has 1 aliphatic heterocycles. The number of rotatable bonds is 8. The number of carbonyl (C=O) groups is 2. The van der Waals surface area contributed by atoms with Crippen molar-refractivity contribution in [3.8, 4) is 5.75 Å². The van der Waals surface area contributed by atoms with Gasteiger partial charge in [0.05, 0.1) is 24.4 Å². The standard InChI is InChI=1S/C31H36N4O3/c1-22(23-9-4-3-5-10-23)32-31(37)26-21-25(33-30(36)24-11-8-12-24)15-16-27(26)34-17-19-35(20-18-34)28-13-6-7-14-29(28)38-2/h3-7,9-10,13-16,21-22,24H,8,11-12,17-20H2,1-2H3,(H,32,37)(H,33,36). The van der Waals surface area contributed by atoms with Crippen LogP contribution in [0.1, 0.15) is 48.1 Å². The zero-order valence-electron chi connectivity index (χ0n) is 22.2. The lowest BCUT2D eigenvalue weighted by molar-refractivity contribution is -0.122. The van der Waals surface area contributed by atoms with Crippen LogP contribution in [0.2, 0.25) is 0 Å². The summed E-state index contributed by atoms with van der Waals surface area (Å²) in [6.07, 6.45) is 2.97. The Morgan fingerprint density at radius 3 is 2.18 bits per heavy atom. The van der Waals surface area contributed by atoms with E-state index in [1.165, 1.54) is 0 Å². The molecule has 0 bridgehead atoms. The minimum Gasteiger partial charge on any atom is -0.495 e. The largest absolute Gasteiger partial charge is 0.495 e. The van der Waals surface area contributed by atoms with Crippen LogP contribution in [0.3, 0.4) is 0 Å². The van der Waals surface area contributed by atoms with E-state index in [0.717, 1.165) is 68.1 Å². The first-order valence-electron chi connectivity index (χ1n) is 13.5. The van der Waals surface area contributed by atoms with Gasteiger partial charge in [-0.25, -0.2) is 0 Å². The molecule has 1 atom stereocenters. The predicted octanol–water partition coefficient (Wildman–Crippen LogP) is 5.25. The van der Waals surface area contributed by atoms with Crippen LogP contribution in [0.5, 0.6) is 5.75 Å². The number of methoxy groups -OCH3 is 1. The number of hydrogen-bond donors (Lipinski definition) is 2. The van der Waals surface area contributed by atoms with Gasteiger partial charge in [-0.3, -0.25) is 9.59 Å². The molecule has 0 aromatic heterocycles. The highest BCUT2D eigenvalue weighted by Gasteiger charge is 2.27. The number of hydrogen-bond acceptors (Lipinski definition) is 5. The van der Waals surface area contributed by atoms with Gasteiger partial charge >= 0.3 is 0 Å². The topological polar surface area (TPSA) is 73.9 Å². The lowest BCUT2D eigenvalue weighted by Crippen LogP contribution is -2.47. The highest BCUT2D eigenvalue weighted by atomic mass is 16.5. The SMILES string of the molecule is COc1ccccc1N1CCN(c2ccc(NC(=O)C3CCC3)cc2C(=O)NC(C)c2ccccc2)CC1. The van der Waals surface area contributed by atoms with Crippen molar-refractivity contribution in [1.29, 1.82) is 0 Å². The summed E-state index contributed by atoms with van der Waals surface area (Å²) in [5.41, 5.74) is 4.24. The Bertz CT molecular complexity index is 1270. The Morgan fingerprint density at radius 1 is 0.868 bits per heavy atom. The average Bonchev–Trinajstić information content (AvgIpc) is 2.92. The summed E-state index contributed by atoms with van der Waals surface area (Å²) in [6.45, 7) is 5.13. The molecule has 2 amide bonds. The number of para-hydroxylation sites is 2. The van der Waals surface area contributed by atoms with E-state index in [4.69, 9.17) is 4.74 Å². The van der Waals surface area contributed by atoms with Crippen LogP contribution in [-0.4, -0.2) is 45.1 Å². The second kappa shape index (κ2) is 11.6. The fourth-order valence-corrected chi connectivity index (χ4v) is 5.16. The lowest BCUT2D eigenvalue weighted by Gasteiger charge is -2.38. The molecule has 198 valence electrons. The summed E-state index contributed by atoms with van der Waals surface area (Å²) in [6, 6.07) is 23.6. The van der Waals surface area contributed by atoms with E-state index >= 15 is 0 Å². The summed E-state index contributed by atoms with van der Waals surface area (Å²) in [4.78, 5) is 30.8. The number of carbonyl (C=O) groups excluding carboxylic acids is 2. The first-order chi connectivity index (χ1) is 18.5. The van der Waals surface area contributed by atoms with Crippen molar-refractivity contribution in [3.63, 3.8) is 0 Å². The van der Waals surface area contributed by atoms with Crippen molar-refractivity contribution in [1.82, 2.24) is 5.32 Å². The van der Waals surface area contributed by atoms with Gasteiger partial charge in [-0.15, -0.1) is 0 Å². The third-order valence-electron chi connectivity index (χ3n) is 7.68. The van der Waals surface area contributed by atoms with E-state index in [1.807, 2.05) is 73.7 Å². The molecular weight excluding hydrogens is 476 g/mol. The Balaban J connectivity index is 1.36. The van der Waals surface area contributed by atoms with Gasteiger partial charge < -0.3 is 25.2 Å². The molecule has 7 heteroatoms. The smallest absolute Gasteiger partial charge is 0.253 e. The Labute approximate surface area is 224 Å². The van der Waals surface area contributed by atoms with Crippen molar-refractivity contribution < 1.29 is 14.3 Å². The lowest BCUT2D eigenvalue weighted by atomic mass is 9.85. The van der Waals surface area contributed by atoms with Gasteiger partial charge in [-0.05, 0) is 55.7 Å². The van der Waals surface area contributed by atoms with Crippen molar-refractivity contribution in [2.24, 2.45) is 5.92 Å². The van der Waals surface area contributed by atoms with Gasteiger partial charge in [0, 0.05) is 43.5 Å². The fraction of sp³-hybridized carbons (Fsp3) is 0.355. The first kappa shape index (κ1) is 25.6. The Kier molecular flexibility index (Phi) is 7.82. The van der Waals surface area contributed by atoms with Crippen LogP contribution in [0, 0.1) is 5.92 Å². The Hall–Kier alpha value is -4.00. The van der Waals surface area contributed by atoms with Crippen molar-refractivity contribution in [3.05, 3.63) is 83.9 Å². The van der Waals surface area contributed by atoms with Crippen LogP contribution in [-0.2, 0) is 4.79 Å². The van der Waals surface area contributed by atoms with E-state index in [1.54, 1.807) is 7.11 Å². The normalized spacial score (nSPS) is 16.4. The van der Waals surface area contributed by atoms with Crippen molar-refractivity contribution in [2.45, 2.75) is 32.2 Å². The molecule has 38 heavy (non-hydrogen) atoms. The first-order valence-corrected chi connectivity index (χ1v) is 13.5. The van der Waals surface area contributed by atoms with Gasteiger partial charge in [-0.2, -0.15) is 0 Å². The highest BCUT2D eigenvalue weighted by molar-refractivity contribution is 6.02. The summed E-state index contributed by atoms with van der Waals surface area (Å²) in [5.74, 6) is 0.831. The molecule has 1 aliphatic carbocycles. The molecule has 1 saturated carbocycles. The van der Waals surface area contributed by atoms with Crippen molar-refractivity contribution >= 4 is 28.9 Å². The van der Waals surface area contributed by atoms with E-state index < -0.39 is 0 Å². The average molecular weight is 513 g/mol. The van der Waals surface area contributed by atoms with Gasteiger partial charge in [-0.1, -0.05) is 48.9 Å². The van der Waals surface area contributed by atoms with E-state index in [9.17, 15) is 9.59 Å². The summed E-state index contributed by atoms with van der Waals surface area (Å²) >= 11 is 0. The van der Waals surface area contributed by atoms with E-state index in [0.29, 0.717) is 11.3 Å². The molecule has 7 nitrogen and oxygen atoms in total. The molecule has 2 N–H and O–H groups in total. The van der Waals surface area contributed by atoms with Crippen LogP contribution >= 0.6 is 0 Å². The zero-order chi connectivity index (χ0) is 26.5. The second-order valence-corrected chi connectivity index (χ2v) is 10.1. The molecule has 2 fully saturated rings. The van der Waals surface area contributed by atoms with Gasteiger partial charge in [0.15, 0.2) is 0 Å². The molecule has 1 heterocycles. The molecule has 0 radical (unpaired) electrons. The van der Waals surface area contributed by atoms with Gasteiger partial charge in [0.25, 0.3) is 5.91 Å². The minimum atomic E-state index is -0.150. The summed E-state index contributed by atoms with van der Waals surface area (Å²) in [5, 5.41) is 6.20. The number of amides is 2. The number of anilines is 3. The van der Waals surface area contributed by atoms with Crippen LogP contribution in [0.25, 0.3) is 0 Å². The molecule has 5 rings (SSSR count). The van der Waals surface area contributed by atoms with Gasteiger partial charge in [0.2, 0.25) is 5.91 Å². The number of piperazine rings is 1. The van der Waals surface area contributed by atoms with Crippen LogP contribution < -0.4 is 25.2 Å². The summed E-state index contributed by atoms with van der Waals surface area (Å²) in [7, 11) is 1.70. The zero-order valence-corrected chi connectivity index (χ0v) is 22.2.